The Kier molecular flexibility index (Phi) is 5.15. The Balaban J connectivity index is 2.08. The average Bonchev–Trinajstić information content (AvgIpc) is 2.55. The fraction of sp³-hybridized carbons (Fsp3) is 0.500. The fourth-order valence-corrected chi connectivity index (χ4v) is 2.33. The first kappa shape index (κ1) is 18.9. The highest BCUT2D eigenvalue weighted by Crippen LogP contribution is 2.29. The van der Waals surface area contributed by atoms with Gasteiger partial charge < -0.3 is 20.1 Å². The van der Waals surface area contributed by atoms with Gasteiger partial charge in [-0.15, -0.1) is 13.2 Å². The molecule has 1 unspecified atom stereocenters. The molecule has 0 saturated carbocycles. The van der Waals surface area contributed by atoms with E-state index in [1.165, 1.54) is 12.1 Å². The van der Waals surface area contributed by atoms with Crippen LogP contribution in [-0.4, -0.2) is 30.0 Å². The highest BCUT2D eigenvalue weighted by atomic mass is 19.4. The summed E-state index contributed by atoms with van der Waals surface area (Å²) >= 11 is 0. The number of fused-ring (bicyclic) bond motifs is 1. The molecule has 2 N–H and O–H groups in total. The van der Waals surface area contributed by atoms with Crippen LogP contribution in [0.1, 0.15) is 32.8 Å². The predicted molar refractivity (Wildman–Crippen MR) is 83.2 cm³/mol. The van der Waals surface area contributed by atoms with E-state index in [0.29, 0.717) is 11.3 Å². The number of rotatable bonds is 2. The van der Waals surface area contributed by atoms with Crippen molar-refractivity contribution in [2.45, 2.75) is 51.6 Å². The van der Waals surface area contributed by atoms with Crippen molar-refractivity contribution in [1.82, 2.24) is 5.32 Å². The summed E-state index contributed by atoms with van der Waals surface area (Å²) in [6, 6.07) is 2.83. The van der Waals surface area contributed by atoms with Gasteiger partial charge in [-0.2, -0.15) is 0 Å². The smallest absolute Gasteiger partial charge is 0.444 e. The number of amides is 2. The van der Waals surface area contributed by atoms with Gasteiger partial charge in [0.05, 0.1) is 0 Å². The van der Waals surface area contributed by atoms with E-state index in [1.807, 2.05) is 0 Å². The third-order valence-corrected chi connectivity index (χ3v) is 3.28. The second-order valence-corrected chi connectivity index (χ2v) is 6.59. The largest absolute Gasteiger partial charge is 0.573 e. The molecule has 0 aromatic heterocycles. The second kappa shape index (κ2) is 6.81. The third-order valence-electron chi connectivity index (χ3n) is 3.28. The molecular formula is C16H19F3N2O4. The average molecular weight is 360 g/mol. The molecule has 0 aliphatic carbocycles. The molecule has 0 fully saturated rings. The van der Waals surface area contributed by atoms with E-state index < -0.39 is 30.0 Å². The Morgan fingerprint density at radius 3 is 2.56 bits per heavy atom. The number of hydrogen-bond acceptors (Lipinski definition) is 4. The third kappa shape index (κ3) is 5.84. The van der Waals surface area contributed by atoms with Crippen LogP contribution in [-0.2, 0) is 16.0 Å². The summed E-state index contributed by atoms with van der Waals surface area (Å²) < 4.78 is 45.9. The summed E-state index contributed by atoms with van der Waals surface area (Å²) in [4.78, 5) is 24.0. The van der Waals surface area contributed by atoms with Crippen molar-refractivity contribution >= 4 is 17.7 Å². The SMILES string of the molecule is CC(C)(C)OC(=O)NC1CCc2cc(OC(F)(F)F)ccc2NC1=O. The van der Waals surface area contributed by atoms with E-state index in [9.17, 15) is 22.8 Å². The number of alkyl carbamates (subject to hydrolysis) is 1. The molecule has 1 heterocycles. The Morgan fingerprint density at radius 1 is 1.28 bits per heavy atom. The predicted octanol–water partition coefficient (Wildman–Crippen LogP) is 3.36. The normalized spacial score (nSPS) is 17.8. The van der Waals surface area contributed by atoms with Gasteiger partial charge in [0.25, 0.3) is 0 Å². The van der Waals surface area contributed by atoms with Crippen molar-refractivity contribution < 1.29 is 32.2 Å². The molecule has 2 rings (SSSR count). The van der Waals surface area contributed by atoms with Crippen molar-refractivity contribution in [1.29, 1.82) is 0 Å². The Bertz CT molecular complexity index is 668. The molecule has 0 saturated heterocycles. The first-order valence-electron chi connectivity index (χ1n) is 7.62. The number of nitrogens with one attached hydrogen (secondary N) is 2. The van der Waals surface area contributed by atoms with Gasteiger partial charge in [0.1, 0.15) is 17.4 Å². The highest BCUT2D eigenvalue weighted by molar-refractivity contribution is 5.98. The van der Waals surface area contributed by atoms with Crippen LogP contribution < -0.4 is 15.4 Å². The van der Waals surface area contributed by atoms with Crippen LogP contribution in [0, 0.1) is 0 Å². The fourth-order valence-electron chi connectivity index (χ4n) is 2.33. The minimum Gasteiger partial charge on any atom is -0.444 e. The number of hydrogen-bond donors (Lipinski definition) is 2. The number of carbonyl (C=O) groups excluding carboxylic acids is 2. The maximum Gasteiger partial charge on any atom is 0.573 e. The van der Waals surface area contributed by atoms with Crippen LogP contribution in [0.25, 0.3) is 0 Å². The molecular weight excluding hydrogens is 341 g/mol. The van der Waals surface area contributed by atoms with Gasteiger partial charge in [-0.1, -0.05) is 0 Å². The van der Waals surface area contributed by atoms with Crippen LogP contribution >= 0.6 is 0 Å². The number of carbonyl (C=O) groups is 2. The monoisotopic (exact) mass is 360 g/mol. The molecule has 1 aromatic rings. The lowest BCUT2D eigenvalue weighted by atomic mass is 10.1. The quantitative estimate of drug-likeness (QED) is 0.848. The zero-order valence-corrected chi connectivity index (χ0v) is 14.0. The van der Waals surface area contributed by atoms with Crippen LogP contribution in [0.5, 0.6) is 5.75 Å². The highest BCUT2D eigenvalue weighted by Gasteiger charge is 2.32. The van der Waals surface area contributed by atoms with Gasteiger partial charge >= 0.3 is 12.5 Å². The van der Waals surface area contributed by atoms with Gasteiger partial charge in [-0.3, -0.25) is 4.79 Å². The van der Waals surface area contributed by atoms with Crippen molar-refractivity contribution in [3.05, 3.63) is 23.8 Å². The van der Waals surface area contributed by atoms with Crippen LogP contribution in [0.4, 0.5) is 23.7 Å². The summed E-state index contributed by atoms with van der Waals surface area (Å²) in [5.74, 6) is -0.826. The van der Waals surface area contributed by atoms with Crippen molar-refractivity contribution in [2.75, 3.05) is 5.32 Å². The van der Waals surface area contributed by atoms with E-state index in [2.05, 4.69) is 15.4 Å². The first-order chi connectivity index (χ1) is 11.4. The minimum atomic E-state index is -4.79. The van der Waals surface area contributed by atoms with Crippen LogP contribution in [0.2, 0.25) is 0 Å². The first-order valence-corrected chi connectivity index (χ1v) is 7.62. The van der Waals surface area contributed by atoms with Crippen molar-refractivity contribution in [3.8, 4) is 5.75 Å². The van der Waals surface area contributed by atoms with Gasteiger partial charge in [0.15, 0.2) is 0 Å². The number of ether oxygens (including phenoxy) is 2. The van der Waals surface area contributed by atoms with E-state index in [4.69, 9.17) is 4.74 Å². The number of benzene rings is 1. The topological polar surface area (TPSA) is 76.7 Å². The Morgan fingerprint density at radius 2 is 1.96 bits per heavy atom. The second-order valence-electron chi connectivity index (χ2n) is 6.59. The molecule has 1 atom stereocenters. The number of anilines is 1. The molecule has 25 heavy (non-hydrogen) atoms. The van der Waals surface area contributed by atoms with E-state index in [1.54, 1.807) is 20.8 Å². The van der Waals surface area contributed by atoms with Crippen LogP contribution in [0.3, 0.4) is 0 Å². The summed E-state index contributed by atoms with van der Waals surface area (Å²) in [5, 5.41) is 5.05. The molecule has 6 nitrogen and oxygen atoms in total. The maximum absolute atomic E-state index is 12.3. The van der Waals surface area contributed by atoms with Gasteiger partial charge in [-0.25, -0.2) is 4.79 Å². The maximum atomic E-state index is 12.3. The van der Waals surface area contributed by atoms with E-state index in [-0.39, 0.29) is 18.6 Å². The zero-order chi connectivity index (χ0) is 18.8. The molecule has 0 spiro atoms. The number of alkyl halides is 3. The number of aryl methyl sites for hydroxylation is 1. The molecule has 1 aliphatic rings. The minimum absolute atomic E-state index is 0.216. The van der Waals surface area contributed by atoms with Gasteiger partial charge in [-0.05, 0) is 57.4 Å². The Hall–Kier alpha value is -2.45. The summed E-state index contributed by atoms with van der Waals surface area (Å²) in [5.41, 5.74) is 0.162. The summed E-state index contributed by atoms with van der Waals surface area (Å²) in [7, 11) is 0. The lowest BCUT2D eigenvalue weighted by Crippen LogP contribution is -2.45. The van der Waals surface area contributed by atoms with Crippen molar-refractivity contribution in [2.24, 2.45) is 0 Å². The molecule has 9 heteroatoms. The van der Waals surface area contributed by atoms with E-state index in [0.717, 1.165) is 6.07 Å². The summed E-state index contributed by atoms with van der Waals surface area (Å²) in [6.45, 7) is 5.08. The molecule has 1 aliphatic heterocycles. The molecule has 0 radical (unpaired) electrons. The lowest BCUT2D eigenvalue weighted by Gasteiger charge is -2.22. The summed E-state index contributed by atoms with van der Waals surface area (Å²) in [6.07, 6.45) is -5.03. The van der Waals surface area contributed by atoms with Gasteiger partial charge in [0, 0.05) is 5.69 Å². The number of halogens is 3. The van der Waals surface area contributed by atoms with Gasteiger partial charge in [0.2, 0.25) is 5.91 Å². The van der Waals surface area contributed by atoms with Crippen LogP contribution in [0.15, 0.2) is 18.2 Å². The molecule has 1 aromatic carbocycles. The van der Waals surface area contributed by atoms with Crippen molar-refractivity contribution in [3.63, 3.8) is 0 Å². The lowest BCUT2D eigenvalue weighted by molar-refractivity contribution is -0.274. The molecule has 2 amide bonds. The molecule has 0 bridgehead atoms. The Labute approximate surface area is 142 Å². The molecule has 138 valence electrons. The van der Waals surface area contributed by atoms with E-state index >= 15 is 0 Å². The zero-order valence-electron chi connectivity index (χ0n) is 14.0. The standard InChI is InChI=1S/C16H19F3N2O4/c1-15(2,3)25-14(23)21-12-6-4-9-8-10(24-16(17,18)19)5-7-11(9)20-13(12)22/h5,7-8,12H,4,6H2,1-3H3,(H,20,22)(H,21,23).